The van der Waals surface area contributed by atoms with Crippen LogP contribution in [0.3, 0.4) is 0 Å². The fourth-order valence-corrected chi connectivity index (χ4v) is 8.65. The third kappa shape index (κ3) is 8.61. The Hall–Kier alpha value is -4.42. The zero-order valence-electron chi connectivity index (χ0n) is 33.3. The highest BCUT2D eigenvalue weighted by Crippen LogP contribution is 2.43. The Labute approximate surface area is 331 Å². The van der Waals surface area contributed by atoms with Crippen LogP contribution in [0, 0.1) is 0 Å². The Morgan fingerprint density at radius 2 is 1.32 bits per heavy atom. The molecule has 10 nitrogen and oxygen atoms in total. The van der Waals surface area contributed by atoms with Gasteiger partial charge < -0.3 is 24.0 Å². The summed E-state index contributed by atoms with van der Waals surface area (Å²) in [7, 11) is -1.11. The Kier molecular flexibility index (Phi) is 10.8. The molecule has 5 aliphatic rings. The molecule has 2 saturated carbocycles. The van der Waals surface area contributed by atoms with Gasteiger partial charge in [0.15, 0.2) is 0 Å². The molecule has 0 radical (unpaired) electrons. The van der Waals surface area contributed by atoms with Crippen molar-refractivity contribution in [3.8, 4) is 11.3 Å². The van der Waals surface area contributed by atoms with Gasteiger partial charge >= 0.3 is 0 Å². The number of pyridine rings is 2. The molecule has 0 spiro atoms. The molecule has 5 aromatic rings. The van der Waals surface area contributed by atoms with Gasteiger partial charge in [-0.2, -0.15) is 5.10 Å². The van der Waals surface area contributed by atoms with Crippen LogP contribution in [0.1, 0.15) is 65.3 Å². The Bertz CT molecular complexity index is 2190. The minimum absolute atomic E-state index is 0.491. The van der Waals surface area contributed by atoms with Crippen LogP contribution in [0.4, 0.5) is 11.6 Å². The highest BCUT2D eigenvalue weighted by molar-refractivity contribution is 6.76. The van der Waals surface area contributed by atoms with Gasteiger partial charge in [0, 0.05) is 75.3 Å². The van der Waals surface area contributed by atoms with Gasteiger partial charge in [-0.25, -0.2) is 14.6 Å². The van der Waals surface area contributed by atoms with E-state index in [4.69, 9.17) is 24.3 Å². The maximum absolute atomic E-state index is 6.06. The van der Waals surface area contributed by atoms with Crippen LogP contribution in [-0.2, 0) is 27.5 Å². The second kappa shape index (κ2) is 16.2. The fourth-order valence-electron chi connectivity index (χ4n) is 7.89. The molecule has 0 unspecified atom stereocenters. The lowest BCUT2D eigenvalue weighted by Crippen LogP contribution is -2.36. The topological polar surface area (TPSA) is 90.1 Å². The quantitative estimate of drug-likeness (QED) is 0.0981. The number of hydrogen-bond donors (Lipinski definition) is 0. The van der Waals surface area contributed by atoms with Gasteiger partial charge in [-0.05, 0) is 103 Å². The number of fused-ring (bicyclic) bond motifs is 2. The predicted octanol–water partition coefficient (Wildman–Crippen LogP) is 8.27. The number of aliphatic imine (C=N–C) groups is 1. The molecule has 292 valence electrons. The van der Waals surface area contributed by atoms with Crippen molar-refractivity contribution in [2.75, 3.05) is 69.0 Å². The molecule has 6 heterocycles. The SMILES string of the molecule is C[Si](C)(C)CCOCn1nc(-c2ccnc(N3CCOCC3)c2)c2cc(C3CC3)ccc21.c1cc(C2=NCc3ccc(C4CC4)cc32)cc(N2CCOCC2)n1. The first kappa shape index (κ1) is 37.2. The van der Waals surface area contributed by atoms with Gasteiger partial charge in [-0.1, -0.05) is 37.8 Å². The van der Waals surface area contributed by atoms with E-state index in [1.54, 1.807) is 0 Å². The molecule has 0 N–H and O–H groups in total. The Morgan fingerprint density at radius 3 is 1.96 bits per heavy atom. The molecule has 2 aromatic carbocycles. The molecule has 10 rings (SSSR count). The van der Waals surface area contributed by atoms with Crippen molar-refractivity contribution in [1.82, 2.24) is 19.7 Å². The van der Waals surface area contributed by atoms with E-state index in [1.807, 2.05) is 17.1 Å². The number of morpholine rings is 2. The number of nitrogens with zero attached hydrogens (tertiary/aromatic N) is 7. The Morgan fingerprint density at radius 1 is 0.714 bits per heavy atom. The predicted molar refractivity (Wildman–Crippen MR) is 227 cm³/mol. The number of rotatable bonds is 11. The summed E-state index contributed by atoms with van der Waals surface area (Å²) in [5, 5.41) is 6.24. The van der Waals surface area contributed by atoms with Gasteiger partial charge in [0.2, 0.25) is 0 Å². The zero-order valence-corrected chi connectivity index (χ0v) is 34.3. The third-order valence-electron chi connectivity index (χ3n) is 11.6. The molecule has 11 heteroatoms. The van der Waals surface area contributed by atoms with Gasteiger partial charge in [-0.15, -0.1) is 0 Å². The third-order valence-corrected chi connectivity index (χ3v) is 13.3. The van der Waals surface area contributed by atoms with Crippen molar-refractivity contribution in [1.29, 1.82) is 0 Å². The van der Waals surface area contributed by atoms with Crippen molar-refractivity contribution < 1.29 is 14.2 Å². The van der Waals surface area contributed by atoms with Crippen LogP contribution in [-0.4, -0.2) is 92.7 Å². The van der Waals surface area contributed by atoms with Crippen LogP contribution in [0.2, 0.25) is 25.7 Å². The standard InChI is InChI=1S/C25H34N4O2Si.C20H21N3O/c1-32(2,3)15-14-31-18-29-23-7-6-20(19-4-5-19)16-22(23)25(27-29)21-8-9-26-24(17-21)28-10-12-30-13-11-28;1-2-14(1)15-3-4-17-13-22-20(18(17)11-15)16-5-6-21-19(12-16)23-7-9-24-10-8-23/h6-9,16-17,19H,4-5,10-15,18H2,1-3H3;3-6,11-12,14H,1-2,7-10,13H2. The summed E-state index contributed by atoms with van der Waals surface area (Å²) >= 11 is 0. The van der Waals surface area contributed by atoms with Crippen molar-refractivity contribution in [2.24, 2.45) is 4.99 Å². The summed E-state index contributed by atoms with van der Waals surface area (Å²) < 4.78 is 19.0. The number of anilines is 2. The number of aromatic nitrogens is 4. The highest BCUT2D eigenvalue weighted by atomic mass is 28.3. The molecule has 3 aliphatic heterocycles. The maximum atomic E-state index is 6.06. The van der Waals surface area contributed by atoms with Crippen LogP contribution in [0.5, 0.6) is 0 Å². The first-order chi connectivity index (χ1) is 27.4. The summed E-state index contributed by atoms with van der Waals surface area (Å²) in [6.45, 7) is 15.9. The van der Waals surface area contributed by atoms with E-state index in [0.717, 1.165) is 112 Å². The normalized spacial score (nSPS) is 18.4. The minimum Gasteiger partial charge on any atom is -0.378 e. The second-order valence-corrected chi connectivity index (χ2v) is 22.7. The lowest BCUT2D eigenvalue weighted by Gasteiger charge is -2.28. The minimum atomic E-state index is -1.11. The molecule has 2 aliphatic carbocycles. The van der Waals surface area contributed by atoms with Crippen molar-refractivity contribution in [3.05, 3.63) is 101 Å². The molecule has 0 bridgehead atoms. The van der Waals surface area contributed by atoms with E-state index in [9.17, 15) is 0 Å². The van der Waals surface area contributed by atoms with Gasteiger partial charge in [-0.3, -0.25) is 4.99 Å². The summed E-state index contributed by atoms with van der Waals surface area (Å²) in [6.07, 6.45) is 9.07. The van der Waals surface area contributed by atoms with Gasteiger partial charge in [0.05, 0.1) is 44.2 Å². The molecule has 0 amide bonds. The van der Waals surface area contributed by atoms with E-state index in [-0.39, 0.29) is 0 Å². The van der Waals surface area contributed by atoms with Gasteiger partial charge in [0.25, 0.3) is 0 Å². The largest absolute Gasteiger partial charge is 0.378 e. The number of ether oxygens (including phenoxy) is 3. The van der Waals surface area contributed by atoms with Crippen LogP contribution in [0.25, 0.3) is 22.2 Å². The lowest BCUT2D eigenvalue weighted by molar-refractivity contribution is 0.0818. The number of hydrogen-bond acceptors (Lipinski definition) is 9. The monoisotopic (exact) mass is 769 g/mol. The van der Waals surface area contributed by atoms with E-state index in [1.165, 1.54) is 58.9 Å². The van der Waals surface area contributed by atoms with E-state index < -0.39 is 8.07 Å². The lowest BCUT2D eigenvalue weighted by atomic mass is 9.97. The zero-order chi connectivity index (χ0) is 38.1. The van der Waals surface area contributed by atoms with Crippen molar-refractivity contribution >= 4 is 36.3 Å². The summed E-state index contributed by atoms with van der Waals surface area (Å²) in [6, 6.07) is 23.5. The van der Waals surface area contributed by atoms with Crippen LogP contribution in [0.15, 0.2) is 78.0 Å². The fraction of sp³-hybridized carbons (Fsp3) is 0.467. The molecule has 4 fully saturated rings. The molecule has 56 heavy (non-hydrogen) atoms. The average Bonchev–Trinajstić information content (AvgIpc) is 4.18. The first-order valence-corrected chi connectivity index (χ1v) is 24.4. The molecular formula is C45H55N7O3Si. The average molecular weight is 770 g/mol. The van der Waals surface area contributed by atoms with Crippen molar-refractivity contribution in [2.45, 2.75) is 76.5 Å². The van der Waals surface area contributed by atoms with Crippen molar-refractivity contribution in [3.63, 3.8) is 0 Å². The van der Waals surface area contributed by atoms with Gasteiger partial charge in [0.1, 0.15) is 24.1 Å². The maximum Gasteiger partial charge on any atom is 0.140 e. The van der Waals surface area contributed by atoms with E-state index >= 15 is 0 Å². The summed E-state index contributed by atoms with van der Waals surface area (Å²) in [4.78, 5) is 18.6. The molecule has 3 aromatic heterocycles. The number of benzene rings is 2. The molecule has 2 saturated heterocycles. The molecular weight excluding hydrogens is 715 g/mol. The van der Waals surface area contributed by atoms with E-state index in [2.05, 4.69) is 100 Å². The highest BCUT2D eigenvalue weighted by Gasteiger charge is 2.27. The smallest absolute Gasteiger partial charge is 0.140 e. The first-order valence-electron chi connectivity index (χ1n) is 20.7. The second-order valence-electron chi connectivity index (χ2n) is 17.1. The molecule has 0 atom stereocenters. The Balaban J connectivity index is 0.000000152. The summed E-state index contributed by atoms with van der Waals surface area (Å²) in [5.74, 6) is 3.52. The van der Waals surface area contributed by atoms with Crippen LogP contribution >= 0.6 is 0 Å². The summed E-state index contributed by atoms with van der Waals surface area (Å²) in [5.41, 5.74) is 11.2. The van der Waals surface area contributed by atoms with E-state index in [0.29, 0.717) is 12.6 Å². The van der Waals surface area contributed by atoms with Crippen LogP contribution < -0.4 is 9.80 Å².